The van der Waals surface area contributed by atoms with E-state index in [0.717, 1.165) is 12.2 Å². The first-order valence-corrected chi connectivity index (χ1v) is 5.08. The maximum Gasteiger partial charge on any atom is 0.119 e. The molecule has 0 heterocycles. The number of hydrogen-bond acceptors (Lipinski definition) is 2. The van der Waals surface area contributed by atoms with Crippen LogP contribution in [0.5, 0.6) is 5.75 Å². The van der Waals surface area contributed by atoms with E-state index in [-0.39, 0.29) is 0 Å². The molecule has 0 radical (unpaired) electrons. The quantitative estimate of drug-likeness (QED) is 0.792. The van der Waals surface area contributed by atoms with Gasteiger partial charge in [0, 0.05) is 11.7 Å². The summed E-state index contributed by atoms with van der Waals surface area (Å²) < 4.78 is 5.15. The standard InChI is InChI=1S/C12H19NO/c1-5-10(3)13-12-7-6-11(14-4)8-9(12)2/h6-8,10,13H,5H2,1-4H3/t10-/m0/s1. The van der Waals surface area contributed by atoms with Gasteiger partial charge in [-0.15, -0.1) is 0 Å². The van der Waals surface area contributed by atoms with E-state index in [1.807, 2.05) is 12.1 Å². The minimum Gasteiger partial charge on any atom is -0.497 e. The number of nitrogens with one attached hydrogen (secondary N) is 1. The lowest BCUT2D eigenvalue weighted by Gasteiger charge is -2.15. The third kappa shape index (κ3) is 2.66. The summed E-state index contributed by atoms with van der Waals surface area (Å²) in [6.45, 7) is 6.45. The summed E-state index contributed by atoms with van der Waals surface area (Å²) in [6, 6.07) is 6.62. The van der Waals surface area contributed by atoms with Crippen LogP contribution in [-0.2, 0) is 0 Å². The van der Waals surface area contributed by atoms with E-state index in [0.29, 0.717) is 6.04 Å². The van der Waals surface area contributed by atoms with Gasteiger partial charge in [0.15, 0.2) is 0 Å². The van der Waals surface area contributed by atoms with Crippen LogP contribution in [0.15, 0.2) is 18.2 Å². The van der Waals surface area contributed by atoms with Gasteiger partial charge in [0.1, 0.15) is 5.75 Å². The van der Waals surface area contributed by atoms with Crippen LogP contribution < -0.4 is 10.1 Å². The minimum absolute atomic E-state index is 0.516. The van der Waals surface area contributed by atoms with Crippen LogP contribution in [0, 0.1) is 6.92 Å². The highest BCUT2D eigenvalue weighted by Gasteiger charge is 2.02. The average Bonchev–Trinajstić information content (AvgIpc) is 2.20. The Morgan fingerprint density at radius 2 is 2.14 bits per heavy atom. The SMILES string of the molecule is CC[C@H](C)Nc1ccc(OC)cc1C. The molecule has 0 fully saturated rings. The Morgan fingerprint density at radius 1 is 1.43 bits per heavy atom. The number of rotatable bonds is 4. The van der Waals surface area contributed by atoms with Crippen LogP contribution in [-0.4, -0.2) is 13.2 Å². The summed E-state index contributed by atoms with van der Waals surface area (Å²) in [5, 5.41) is 3.46. The molecule has 0 amide bonds. The van der Waals surface area contributed by atoms with Gasteiger partial charge in [-0.1, -0.05) is 6.92 Å². The van der Waals surface area contributed by atoms with Crippen LogP contribution in [0.2, 0.25) is 0 Å². The van der Waals surface area contributed by atoms with Crippen molar-refractivity contribution in [3.63, 3.8) is 0 Å². The van der Waals surface area contributed by atoms with Crippen molar-refractivity contribution in [2.75, 3.05) is 12.4 Å². The summed E-state index contributed by atoms with van der Waals surface area (Å²) in [5.41, 5.74) is 2.42. The number of anilines is 1. The molecule has 1 rings (SSSR count). The number of aryl methyl sites for hydroxylation is 1. The van der Waals surface area contributed by atoms with Crippen molar-refractivity contribution in [1.29, 1.82) is 0 Å². The molecule has 0 saturated heterocycles. The number of benzene rings is 1. The Labute approximate surface area is 86.3 Å². The highest BCUT2D eigenvalue weighted by Crippen LogP contribution is 2.21. The van der Waals surface area contributed by atoms with Gasteiger partial charge in [-0.3, -0.25) is 0 Å². The molecule has 78 valence electrons. The zero-order chi connectivity index (χ0) is 10.6. The molecule has 14 heavy (non-hydrogen) atoms. The predicted molar refractivity (Wildman–Crippen MR) is 61.1 cm³/mol. The first kappa shape index (κ1) is 10.9. The summed E-state index contributed by atoms with van der Waals surface area (Å²) in [4.78, 5) is 0. The van der Waals surface area contributed by atoms with Crippen LogP contribution in [0.1, 0.15) is 25.8 Å². The lowest BCUT2D eigenvalue weighted by Crippen LogP contribution is -2.14. The van der Waals surface area contributed by atoms with E-state index in [9.17, 15) is 0 Å². The zero-order valence-corrected chi connectivity index (χ0v) is 9.42. The number of hydrogen-bond donors (Lipinski definition) is 1. The molecule has 0 spiro atoms. The first-order valence-electron chi connectivity index (χ1n) is 5.08. The Bertz CT molecular complexity index is 296. The molecule has 0 aliphatic heterocycles. The van der Waals surface area contributed by atoms with E-state index in [1.165, 1.54) is 11.3 Å². The van der Waals surface area contributed by atoms with Crippen LogP contribution in [0.25, 0.3) is 0 Å². The number of ether oxygens (including phenoxy) is 1. The molecular formula is C12H19NO. The van der Waals surface area contributed by atoms with Gasteiger partial charge in [0.2, 0.25) is 0 Å². The second kappa shape index (κ2) is 4.89. The van der Waals surface area contributed by atoms with Gasteiger partial charge in [-0.2, -0.15) is 0 Å². The second-order valence-electron chi connectivity index (χ2n) is 3.63. The monoisotopic (exact) mass is 193 g/mol. The third-order valence-electron chi connectivity index (χ3n) is 2.45. The Balaban J connectivity index is 2.78. The molecule has 0 aliphatic rings. The van der Waals surface area contributed by atoms with Crippen molar-refractivity contribution in [1.82, 2.24) is 0 Å². The molecule has 0 aliphatic carbocycles. The van der Waals surface area contributed by atoms with Crippen molar-refractivity contribution >= 4 is 5.69 Å². The van der Waals surface area contributed by atoms with Crippen molar-refractivity contribution in [2.45, 2.75) is 33.2 Å². The molecule has 0 bridgehead atoms. The molecular weight excluding hydrogens is 174 g/mol. The Hall–Kier alpha value is -1.18. The van der Waals surface area contributed by atoms with E-state index >= 15 is 0 Å². The van der Waals surface area contributed by atoms with Crippen LogP contribution in [0.3, 0.4) is 0 Å². The maximum atomic E-state index is 5.15. The van der Waals surface area contributed by atoms with Crippen molar-refractivity contribution in [3.8, 4) is 5.75 Å². The largest absolute Gasteiger partial charge is 0.497 e. The molecule has 0 unspecified atom stereocenters. The van der Waals surface area contributed by atoms with Gasteiger partial charge >= 0.3 is 0 Å². The van der Waals surface area contributed by atoms with Crippen molar-refractivity contribution in [2.24, 2.45) is 0 Å². The topological polar surface area (TPSA) is 21.3 Å². The predicted octanol–water partition coefficient (Wildman–Crippen LogP) is 3.21. The fourth-order valence-electron chi connectivity index (χ4n) is 1.29. The van der Waals surface area contributed by atoms with Gasteiger partial charge < -0.3 is 10.1 Å². The highest BCUT2D eigenvalue weighted by atomic mass is 16.5. The van der Waals surface area contributed by atoms with Gasteiger partial charge in [-0.05, 0) is 44.0 Å². The average molecular weight is 193 g/mol. The molecule has 2 nitrogen and oxygen atoms in total. The fraction of sp³-hybridized carbons (Fsp3) is 0.500. The van der Waals surface area contributed by atoms with Gasteiger partial charge in [0.05, 0.1) is 7.11 Å². The van der Waals surface area contributed by atoms with Gasteiger partial charge in [-0.25, -0.2) is 0 Å². The van der Waals surface area contributed by atoms with Gasteiger partial charge in [0.25, 0.3) is 0 Å². The number of methoxy groups -OCH3 is 1. The van der Waals surface area contributed by atoms with E-state index < -0.39 is 0 Å². The summed E-state index contributed by atoms with van der Waals surface area (Å²) >= 11 is 0. The maximum absolute atomic E-state index is 5.15. The van der Waals surface area contributed by atoms with Crippen molar-refractivity contribution in [3.05, 3.63) is 23.8 Å². The zero-order valence-electron chi connectivity index (χ0n) is 9.42. The lowest BCUT2D eigenvalue weighted by atomic mass is 10.1. The summed E-state index contributed by atoms with van der Waals surface area (Å²) in [6.07, 6.45) is 1.13. The summed E-state index contributed by atoms with van der Waals surface area (Å²) in [7, 11) is 1.69. The van der Waals surface area contributed by atoms with E-state index in [4.69, 9.17) is 4.74 Å². The normalized spacial score (nSPS) is 12.3. The van der Waals surface area contributed by atoms with Crippen LogP contribution >= 0.6 is 0 Å². The van der Waals surface area contributed by atoms with Crippen LogP contribution in [0.4, 0.5) is 5.69 Å². The lowest BCUT2D eigenvalue weighted by molar-refractivity contribution is 0.414. The first-order chi connectivity index (χ1) is 6.67. The van der Waals surface area contributed by atoms with Crippen molar-refractivity contribution < 1.29 is 4.74 Å². The molecule has 1 atom stereocenters. The second-order valence-corrected chi connectivity index (χ2v) is 3.63. The highest BCUT2D eigenvalue weighted by molar-refractivity contribution is 5.54. The molecule has 2 heteroatoms. The third-order valence-corrected chi connectivity index (χ3v) is 2.45. The van der Waals surface area contributed by atoms with E-state index in [2.05, 4.69) is 32.2 Å². The Morgan fingerprint density at radius 3 is 2.64 bits per heavy atom. The van der Waals surface area contributed by atoms with E-state index in [1.54, 1.807) is 7.11 Å². The molecule has 1 N–H and O–H groups in total. The smallest absolute Gasteiger partial charge is 0.119 e. The molecule has 0 saturated carbocycles. The fourth-order valence-corrected chi connectivity index (χ4v) is 1.29. The summed E-state index contributed by atoms with van der Waals surface area (Å²) in [5.74, 6) is 0.914. The molecule has 1 aromatic carbocycles. The minimum atomic E-state index is 0.516. The molecule has 1 aromatic rings. The molecule has 0 aromatic heterocycles. The Kier molecular flexibility index (Phi) is 3.81.